The molecule has 0 spiro atoms. The number of nitrogens with zero attached hydrogens (tertiary/aromatic N) is 1. The average Bonchev–Trinajstić information content (AvgIpc) is 2.76. The van der Waals surface area contributed by atoms with E-state index < -0.39 is 0 Å². The van der Waals surface area contributed by atoms with Gasteiger partial charge in [0.2, 0.25) is 5.91 Å². The summed E-state index contributed by atoms with van der Waals surface area (Å²) in [4.78, 5) is 14.3. The highest BCUT2D eigenvalue weighted by molar-refractivity contribution is 7.99. The molecule has 1 N–H and O–H groups in total. The van der Waals surface area contributed by atoms with E-state index in [0.717, 1.165) is 23.5 Å². The molecular weight excluding hydrogens is 287 g/mol. The topological polar surface area (TPSA) is 32.3 Å². The maximum atomic E-state index is 13.1. The molecule has 116 valence electrons. The summed E-state index contributed by atoms with van der Waals surface area (Å²) in [7, 11) is 0. The number of carbonyl (C=O) groups is 1. The number of thioether (sulfide) groups is 1. The molecule has 5 heteroatoms. The molecule has 3 atom stereocenters. The van der Waals surface area contributed by atoms with Crippen LogP contribution in [0.15, 0.2) is 24.3 Å². The second-order valence-corrected chi connectivity index (χ2v) is 6.82. The van der Waals surface area contributed by atoms with Crippen molar-refractivity contribution in [2.45, 2.75) is 45.4 Å². The Kier molecular flexibility index (Phi) is 5.65. The van der Waals surface area contributed by atoms with E-state index in [1.807, 2.05) is 23.6 Å². The third-order valence-electron chi connectivity index (χ3n) is 3.86. The van der Waals surface area contributed by atoms with Gasteiger partial charge in [-0.05, 0) is 49.5 Å². The highest BCUT2D eigenvalue weighted by Crippen LogP contribution is 2.29. The number of rotatable bonds is 6. The molecule has 1 heterocycles. The average molecular weight is 310 g/mol. The van der Waals surface area contributed by atoms with Crippen molar-refractivity contribution < 1.29 is 9.18 Å². The molecule has 0 radical (unpaired) electrons. The minimum absolute atomic E-state index is 0.123. The number of carbonyl (C=O) groups excluding carboxylic acids is 1. The molecule has 3 nitrogen and oxygen atoms in total. The Bertz CT molecular complexity index is 480. The van der Waals surface area contributed by atoms with Gasteiger partial charge in [-0.1, -0.05) is 19.1 Å². The van der Waals surface area contributed by atoms with E-state index in [-0.39, 0.29) is 30.0 Å². The van der Waals surface area contributed by atoms with Crippen LogP contribution in [0.4, 0.5) is 4.39 Å². The molecule has 0 saturated carbocycles. The molecule has 1 aromatic rings. The number of amides is 1. The molecule has 1 aromatic carbocycles. The fraction of sp³-hybridized carbons (Fsp3) is 0.562. The van der Waals surface area contributed by atoms with Gasteiger partial charge in [0.05, 0.1) is 6.04 Å². The van der Waals surface area contributed by atoms with Crippen molar-refractivity contribution in [3.63, 3.8) is 0 Å². The van der Waals surface area contributed by atoms with Crippen molar-refractivity contribution in [3.8, 4) is 0 Å². The van der Waals surface area contributed by atoms with Gasteiger partial charge < -0.3 is 4.90 Å². The van der Waals surface area contributed by atoms with Crippen molar-refractivity contribution >= 4 is 17.7 Å². The largest absolute Gasteiger partial charge is 0.319 e. The van der Waals surface area contributed by atoms with Crippen LogP contribution in [0.2, 0.25) is 0 Å². The van der Waals surface area contributed by atoms with Gasteiger partial charge in [0.1, 0.15) is 12.0 Å². The van der Waals surface area contributed by atoms with Crippen LogP contribution in [0.25, 0.3) is 0 Å². The van der Waals surface area contributed by atoms with E-state index in [2.05, 4.69) is 19.2 Å². The van der Waals surface area contributed by atoms with Gasteiger partial charge in [0, 0.05) is 6.04 Å². The van der Waals surface area contributed by atoms with Gasteiger partial charge in [0.25, 0.3) is 0 Å². The van der Waals surface area contributed by atoms with Gasteiger partial charge in [-0.25, -0.2) is 4.39 Å². The van der Waals surface area contributed by atoms with Crippen LogP contribution in [0, 0.1) is 5.82 Å². The van der Waals surface area contributed by atoms with Crippen LogP contribution >= 0.6 is 11.8 Å². The second-order valence-electron chi connectivity index (χ2n) is 5.42. The quantitative estimate of drug-likeness (QED) is 0.819. The normalized spacial score (nSPS) is 23.6. The molecule has 1 amide bonds. The molecule has 0 bridgehead atoms. The van der Waals surface area contributed by atoms with Crippen LogP contribution in [-0.4, -0.2) is 34.4 Å². The van der Waals surface area contributed by atoms with E-state index >= 15 is 0 Å². The standard InChI is InChI=1S/C16H23FN2OS/c1-4-21-10-9-11(2)19-15(18-12(3)16(19)20)13-5-7-14(17)8-6-13/h5-8,11-12,15,18H,4,9-10H2,1-3H3. The van der Waals surface area contributed by atoms with E-state index in [1.165, 1.54) is 12.1 Å². The zero-order chi connectivity index (χ0) is 15.4. The first-order valence-electron chi connectivity index (χ1n) is 7.46. The molecule has 21 heavy (non-hydrogen) atoms. The molecule has 0 aliphatic carbocycles. The van der Waals surface area contributed by atoms with Crippen LogP contribution in [0.3, 0.4) is 0 Å². The van der Waals surface area contributed by atoms with Gasteiger partial charge in [-0.3, -0.25) is 10.1 Å². The minimum Gasteiger partial charge on any atom is -0.319 e. The van der Waals surface area contributed by atoms with Crippen LogP contribution in [-0.2, 0) is 4.79 Å². The van der Waals surface area contributed by atoms with Gasteiger partial charge in [0.15, 0.2) is 0 Å². The lowest BCUT2D eigenvalue weighted by Crippen LogP contribution is -2.38. The lowest BCUT2D eigenvalue weighted by Gasteiger charge is -2.30. The van der Waals surface area contributed by atoms with Gasteiger partial charge >= 0.3 is 0 Å². The Morgan fingerprint density at radius 1 is 1.38 bits per heavy atom. The van der Waals surface area contributed by atoms with Crippen LogP contribution in [0.1, 0.15) is 38.9 Å². The summed E-state index contributed by atoms with van der Waals surface area (Å²) in [6.07, 6.45) is 0.811. The lowest BCUT2D eigenvalue weighted by atomic mass is 10.1. The number of halogens is 1. The Morgan fingerprint density at radius 3 is 2.67 bits per heavy atom. The maximum Gasteiger partial charge on any atom is 0.241 e. The summed E-state index contributed by atoms with van der Waals surface area (Å²) >= 11 is 1.89. The van der Waals surface area contributed by atoms with E-state index in [0.29, 0.717) is 0 Å². The molecule has 3 unspecified atom stereocenters. The zero-order valence-electron chi connectivity index (χ0n) is 12.8. The summed E-state index contributed by atoms with van der Waals surface area (Å²) in [6.45, 7) is 6.11. The number of hydrogen-bond donors (Lipinski definition) is 1. The van der Waals surface area contributed by atoms with Gasteiger partial charge in [-0.2, -0.15) is 11.8 Å². The first kappa shape index (κ1) is 16.3. The van der Waals surface area contributed by atoms with Crippen molar-refractivity contribution in [3.05, 3.63) is 35.6 Å². The van der Waals surface area contributed by atoms with Crippen molar-refractivity contribution in [1.82, 2.24) is 10.2 Å². The third-order valence-corrected chi connectivity index (χ3v) is 4.79. The van der Waals surface area contributed by atoms with Crippen LogP contribution < -0.4 is 5.32 Å². The fourth-order valence-corrected chi connectivity index (χ4v) is 3.45. The molecule has 0 aromatic heterocycles. The number of hydrogen-bond acceptors (Lipinski definition) is 3. The smallest absolute Gasteiger partial charge is 0.241 e. The second kappa shape index (κ2) is 7.27. The minimum atomic E-state index is -0.255. The Labute approximate surface area is 130 Å². The van der Waals surface area contributed by atoms with E-state index in [9.17, 15) is 9.18 Å². The Hall–Kier alpha value is -1.07. The van der Waals surface area contributed by atoms with E-state index in [4.69, 9.17) is 0 Å². The first-order chi connectivity index (χ1) is 10.0. The molecule has 1 aliphatic heterocycles. The summed E-state index contributed by atoms with van der Waals surface area (Å²) < 4.78 is 13.1. The highest BCUT2D eigenvalue weighted by Gasteiger charge is 2.39. The molecule has 1 aliphatic rings. The Morgan fingerprint density at radius 2 is 2.05 bits per heavy atom. The maximum absolute atomic E-state index is 13.1. The summed E-state index contributed by atoms with van der Waals surface area (Å²) in [5.41, 5.74) is 0.934. The van der Waals surface area contributed by atoms with E-state index in [1.54, 1.807) is 12.1 Å². The highest BCUT2D eigenvalue weighted by atomic mass is 32.2. The summed E-state index contributed by atoms with van der Waals surface area (Å²) in [6, 6.07) is 6.36. The molecular formula is C16H23FN2OS. The van der Waals surface area contributed by atoms with Crippen molar-refractivity contribution in [1.29, 1.82) is 0 Å². The van der Waals surface area contributed by atoms with Crippen LogP contribution in [0.5, 0.6) is 0 Å². The monoisotopic (exact) mass is 310 g/mol. The van der Waals surface area contributed by atoms with Crippen molar-refractivity contribution in [2.75, 3.05) is 11.5 Å². The predicted octanol–water partition coefficient (Wildman–Crippen LogP) is 3.18. The first-order valence-corrected chi connectivity index (χ1v) is 8.61. The lowest BCUT2D eigenvalue weighted by molar-refractivity contribution is -0.131. The molecule has 1 fully saturated rings. The van der Waals surface area contributed by atoms with Gasteiger partial charge in [-0.15, -0.1) is 0 Å². The molecule has 2 rings (SSSR count). The SMILES string of the molecule is CCSCCC(C)N1C(=O)C(C)NC1c1ccc(F)cc1. The number of nitrogens with one attached hydrogen (secondary N) is 1. The fourth-order valence-electron chi connectivity index (χ4n) is 2.65. The zero-order valence-corrected chi connectivity index (χ0v) is 13.6. The predicted molar refractivity (Wildman–Crippen MR) is 85.7 cm³/mol. The summed E-state index contributed by atoms with van der Waals surface area (Å²) in [5, 5.41) is 3.31. The number of benzene rings is 1. The Balaban J connectivity index is 2.14. The molecule has 1 saturated heterocycles. The third kappa shape index (κ3) is 3.77. The summed E-state index contributed by atoms with van der Waals surface area (Å²) in [5.74, 6) is 2.01. The van der Waals surface area contributed by atoms with Crippen molar-refractivity contribution in [2.24, 2.45) is 0 Å².